The number of amides is 1. The Bertz CT molecular complexity index is 417. The molecule has 2 aliphatic rings. The first kappa shape index (κ1) is 12.8. The van der Waals surface area contributed by atoms with Gasteiger partial charge in [0.05, 0.1) is 23.6 Å². The molecule has 1 amide bonds. The molecular weight excluding hydrogens is 242 g/mol. The second-order valence-electron chi connectivity index (χ2n) is 5.41. The van der Waals surface area contributed by atoms with E-state index in [1.54, 1.807) is 6.92 Å². The lowest BCUT2D eigenvalue weighted by Gasteiger charge is -2.37. The van der Waals surface area contributed by atoms with Gasteiger partial charge in [0, 0.05) is 19.1 Å². The maximum absolute atomic E-state index is 11.7. The third-order valence-corrected chi connectivity index (χ3v) is 5.20. The molecule has 0 aliphatic carbocycles. The van der Waals surface area contributed by atoms with E-state index < -0.39 is 15.4 Å². The van der Waals surface area contributed by atoms with Crippen molar-refractivity contribution in [2.45, 2.75) is 24.9 Å². The van der Waals surface area contributed by atoms with E-state index in [-0.39, 0.29) is 23.5 Å². The first-order valence-corrected chi connectivity index (χ1v) is 7.60. The Morgan fingerprint density at radius 3 is 2.65 bits per heavy atom. The predicted molar refractivity (Wildman–Crippen MR) is 64.2 cm³/mol. The second kappa shape index (κ2) is 4.22. The summed E-state index contributed by atoms with van der Waals surface area (Å²) in [6.07, 6.45) is 0.501. The summed E-state index contributed by atoms with van der Waals surface area (Å²) in [7, 11) is -2.98. The van der Waals surface area contributed by atoms with E-state index in [1.807, 2.05) is 4.90 Å². The van der Waals surface area contributed by atoms with E-state index in [0.29, 0.717) is 13.0 Å². The Labute approximate surface area is 101 Å². The van der Waals surface area contributed by atoms with Gasteiger partial charge < -0.3 is 11.1 Å². The summed E-state index contributed by atoms with van der Waals surface area (Å²) in [4.78, 5) is 13.7. The van der Waals surface area contributed by atoms with Gasteiger partial charge in [-0.25, -0.2) is 8.42 Å². The van der Waals surface area contributed by atoms with E-state index >= 15 is 0 Å². The highest BCUT2D eigenvalue weighted by molar-refractivity contribution is 7.91. The number of rotatable bonds is 3. The van der Waals surface area contributed by atoms with E-state index in [1.165, 1.54) is 0 Å². The lowest BCUT2D eigenvalue weighted by molar-refractivity contribution is -0.124. The summed E-state index contributed by atoms with van der Waals surface area (Å²) >= 11 is 0. The van der Waals surface area contributed by atoms with Gasteiger partial charge in [-0.15, -0.1) is 0 Å². The van der Waals surface area contributed by atoms with E-state index in [4.69, 9.17) is 5.73 Å². The highest BCUT2D eigenvalue weighted by atomic mass is 32.2. The van der Waals surface area contributed by atoms with Crippen molar-refractivity contribution in [2.24, 2.45) is 5.73 Å². The minimum Gasteiger partial charge on any atom is -0.349 e. The number of nitrogens with two attached hydrogens (primary N) is 1. The van der Waals surface area contributed by atoms with E-state index in [9.17, 15) is 13.2 Å². The summed E-state index contributed by atoms with van der Waals surface area (Å²) < 4.78 is 22.8. The molecule has 17 heavy (non-hydrogen) atoms. The Balaban J connectivity index is 1.82. The first-order chi connectivity index (χ1) is 7.78. The van der Waals surface area contributed by atoms with Crippen LogP contribution in [0.5, 0.6) is 0 Å². The molecule has 0 aromatic rings. The molecule has 7 heteroatoms. The van der Waals surface area contributed by atoms with Gasteiger partial charge in [-0.3, -0.25) is 9.69 Å². The van der Waals surface area contributed by atoms with Crippen LogP contribution in [0.2, 0.25) is 0 Å². The SMILES string of the molecule is CC1(NC(=O)CN2CC(N)C2)CCS(=O)(=O)C1. The number of nitrogens with one attached hydrogen (secondary N) is 1. The standard InChI is InChI=1S/C10H19N3O3S/c1-10(2-3-17(15,16)7-10)12-9(14)6-13-4-8(11)5-13/h8H,2-7,11H2,1H3,(H,12,14). The van der Waals surface area contributed by atoms with Crippen LogP contribution in [0.4, 0.5) is 0 Å². The fourth-order valence-corrected chi connectivity index (χ4v) is 4.52. The van der Waals surface area contributed by atoms with Crippen molar-refractivity contribution in [1.29, 1.82) is 0 Å². The molecule has 1 atom stereocenters. The van der Waals surface area contributed by atoms with Gasteiger partial charge in [0.25, 0.3) is 0 Å². The molecule has 3 N–H and O–H groups in total. The minimum atomic E-state index is -2.98. The molecule has 0 radical (unpaired) electrons. The molecule has 1 unspecified atom stereocenters. The predicted octanol–water partition coefficient (Wildman–Crippen LogP) is -1.68. The quantitative estimate of drug-likeness (QED) is 0.633. The fraction of sp³-hybridized carbons (Fsp3) is 0.900. The summed E-state index contributed by atoms with van der Waals surface area (Å²) in [6, 6.07) is 0.172. The summed E-state index contributed by atoms with van der Waals surface area (Å²) in [6.45, 7) is 3.57. The third-order valence-electron chi connectivity index (χ3n) is 3.30. The number of hydrogen-bond acceptors (Lipinski definition) is 5. The van der Waals surface area contributed by atoms with Crippen LogP contribution in [0, 0.1) is 0 Å². The van der Waals surface area contributed by atoms with Crippen molar-refractivity contribution in [2.75, 3.05) is 31.1 Å². The van der Waals surface area contributed by atoms with Crippen molar-refractivity contribution in [3.63, 3.8) is 0 Å². The number of likely N-dealkylation sites (tertiary alicyclic amines) is 1. The molecule has 2 fully saturated rings. The van der Waals surface area contributed by atoms with Gasteiger partial charge >= 0.3 is 0 Å². The van der Waals surface area contributed by atoms with Crippen molar-refractivity contribution in [3.8, 4) is 0 Å². The monoisotopic (exact) mass is 261 g/mol. The molecule has 0 bridgehead atoms. The van der Waals surface area contributed by atoms with Gasteiger partial charge in [-0.2, -0.15) is 0 Å². The molecule has 0 aromatic carbocycles. The summed E-state index contributed by atoms with van der Waals surface area (Å²) in [5.74, 6) is 0.0976. The molecule has 6 nitrogen and oxygen atoms in total. The van der Waals surface area contributed by atoms with E-state index in [0.717, 1.165) is 13.1 Å². The number of carbonyl (C=O) groups excluding carboxylic acids is 1. The lowest BCUT2D eigenvalue weighted by Crippen LogP contribution is -2.59. The highest BCUT2D eigenvalue weighted by Gasteiger charge is 2.39. The maximum atomic E-state index is 11.7. The normalized spacial score (nSPS) is 33.3. The molecular formula is C10H19N3O3S. The highest BCUT2D eigenvalue weighted by Crippen LogP contribution is 2.22. The Morgan fingerprint density at radius 1 is 1.53 bits per heavy atom. The second-order valence-corrected chi connectivity index (χ2v) is 7.59. The van der Waals surface area contributed by atoms with Crippen LogP contribution in [0.25, 0.3) is 0 Å². The Kier molecular flexibility index (Phi) is 3.17. The molecule has 0 aromatic heterocycles. The van der Waals surface area contributed by atoms with Crippen molar-refractivity contribution >= 4 is 15.7 Å². The zero-order valence-electron chi connectivity index (χ0n) is 9.98. The van der Waals surface area contributed by atoms with Crippen LogP contribution in [-0.4, -0.2) is 61.9 Å². The average Bonchev–Trinajstić information content (AvgIpc) is 2.37. The van der Waals surface area contributed by atoms with Gasteiger partial charge in [0.1, 0.15) is 0 Å². The smallest absolute Gasteiger partial charge is 0.234 e. The van der Waals surface area contributed by atoms with Crippen LogP contribution in [0.3, 0.4) is 0 Å². The summed E-state index contributed by atoms with van der Waals surface area (Å²) in [5, 5.41) is 2.82. The van der Waals surface area contributed by atoms with Crippen molar-refractivity contribution in [3.05, 3.63) is 0 Å². The zero-order valence-corrected chi connectivity index (χ0v) is 10.8. The van der Waals surface area contributed by atoms with Crippen molar-refractivity contribution in [1.82, 2.24) is 10.2 Å². The fourth-order valence-electron chi connectivity index (χ4n) is 2.43. The van der Waals surface area contributed by atoms with Crippen molar-refractivity contribution < 1.29 is 13.2 Å². The summed E-state index contributed by atoms with van der Waals surface area (Å²) in [5.41, 5.74) is 5.02. The van der Waals surface area contributed by atoms with Crippen LogP contribution in [-0.2, 0) is 14.6 Å². The molecule has 2 aliphatic heterocycles. The zero-order chi connectivity index (χ0) is 12.7. The molecule has 0 saturated carbocycles. The van der Waals surface area contributed by atoms with Crippen LogP contribution in [0.15, 0.2) is 0 Å². The number of hydrogen-bond donors (Lipinski definition) is 2. The van der Waals surface area contributed by atoms with Crippen LogP contribution >= 0.6 is 0 Å². The largest absolute Gasteiger partial charge is 0.349 e. The Morgan fingerprint density at radius 2 is 2.18 bits per heavy atom. The Hall–Kier alpha value is -0.660. The van der Waals surface area contributed by atoms with Gasteiger partial charge in [0.2, 0.25) is 5.91 Å². The third kappa shape index (κ3) is 3.17. The van der Waals surface area contributed by atoms with Gasteiger partial charge in [-0.1, -0.05) is 0 Å². The van der Waals surface area contributed by atoms with Gasteiger partial charge in [-0.05, 0) is 13.3 Å². The van der Waals surface area contributed by atoms with Gasteiger partial charge in [0.15, 0.2) is 9.84 Å². The van der Waals surface area contributed by atoms with Crippen LogP contribution < -0.4 is 11.1 Å². The maximum Gasteiger partial charge on any atom is 0.234 e. The number of sulfone groups is 1. The molecule has 2 rings (SSSR count). The molecule has 2 heterocycles. The molecule has 2 saturated heterocycles. The molecule has 98 valence electrons. The molecule has 0 spiro atoms. The lowest BCUT2D eigenvalue weighted by atomic mass is 10.0. The average molecular weight is 261 g/mol. The van der Waals surface area contributed by atoms with Crippen LogP contribution in [0.1, 0.15) is 13.3 Å². The minimum absolute atomic E-state index is 0.0469. The first-order valence-electron chi connectivity index (χ1n) is 5.77. The number of carbonyl (C=O) groups is 1. The topological polar surface area (TPSA) is 92.5 Å². The van der Waals surface area contributed by atoms with E-state index in [2.05, 4.69) is 5.32 Å². The number of nitrogens with zero attached hydrogens (tertiary/aromatic N) is 1.